The molecule has 4 nitrogen and oxygen atoms in total. The van der Waals surface area contributed by atoms with Crippen molar-refractivity contribution in [3.8, 4) is 0 Å². The summed E-state index contributed by atoms with van der Waals surface area (Å²) in [5, 5.41) is 0. The number of hydrogen-bond donors (Lipinski definition) is 3. The monoisotopic (exact) mass is 176 g/mol. The van der Waals surface area contributed by atoms with Crippen molar-refractivity contribution in [1.29, 1.82) is 0 Å². The summed E-state index contributed by atoms with van der Waals surface area (Å²) in [5.74, 6) is 0.442. The Morgan fingerprint density at radius 3 is 2.92 bits per heavy atom. The molecule has 4 heteroatoms. The summed E-state index contributed by atoms with van der Waals surface area (Å²) in [6, 6.07) is 5.89. The van der Waals surface area contributed by atoms with Gasteiger partial charge in [-0.2, -0.15) is 0 Å². The van der Waals surface area contributed by atoms with Crippen molar-refractivity contribution in [2.24, 2.45) is 5.73 Å². The van der Waals surface area contributed by atoms with Gasteiger partial charge in [-0.1, -0.05) is 6.07 Å². The molecular formula is C9H12N4. The summed E-state index contributed by atoms with van der Waals surface area (Å²) in [4.78, 5) is 7.06. The summed E-state index contributed by atoms with van der Waals surface area (Å²) in [6.45, 7) is 1.95. The lowest BCUT2D eigenvalue weighted by Gasteiger charge is -2.03. The number of nitrogen functional groups attached to an aromatic ring is 1. The molecule has 1 heterocycles. The molecule has 1 aromatic heterocycles. The highest BCUT2D eigenvalue weighted by atomic mass is 15.0. The first-order valence-electron chi connectivity index (χ1n) is 4.17. The summed E-state index contributed by atoms with van der Waals surface area (Å²) < 4.78 is 0. The van der Waals surface area contributed by atoms with Crippen LogP contribution in [-0.2, 0) is 0 Å². The maximum Gasteiger partial charge on any atom is 0.198 e. The van der Waals surface area contributed by atoms with Crippen LogP contribution in [0.1, 0.15) is 18.5 Å². The zero-order valence-electron chi connectivity index (χ0n) is 7.41. The van der Waals surface area contributed by atoms with Gasteiger partial charge in [-0.25, -0.2) is 4.98 Å². The number of rotatable bonds is 1. The first kappa shape index (κ1) is 8.07. The molecule has 1 atom stereocenters. The second-order valence-electron chi connectivity index (χ2n) is 3.19. The van der Waals surface area contributed by atoms with Crippen LogP contribution in [0.15, 0.2) is 18.2 Å². The molecular weight excluding hydrogens is 164 g/mol. The van der Waals surface area contributed by atoms with Crippen LogP contribution >= 0.6 is 0 Å². The minimum Gasteiger partial charge on any atom is -0.369 e. The Morgan fingerprint density at radius 1 is 1.46 bits per heavy atom. The van der Waals surface area contributed by atoms with Crippen molar-refractivity contribution in [2.75, 3.05) is 5.73 Å². The van der Waals surface area contributed by atoms with Crippen molar-refractivity contribution in [2.45, 2.75) is 13.0 Å². The standard InChI is InChI=1S/C9H12N4/c1-5(10)6-2-3-7-8(4-6)13-9(11)12-7/h2-5H,10H2,1H3,(H3,11,12,13). The van der Waals surface area contributed by atoms with E-state index in [-0.39, 0.29) is 6.04 Å². The van der Waals surface area contributed by atoms with E-state index >= 15 is 0 Å². The molecule has 2 rings (SSSR count). The van der Waals surface area contributed by atoms with Crippen molar-refractivity contribution < 1.29 is 0 Å². The van der Waals surface area contributed by atoms with Crippen LogP contribution in [0.2, 0.25) is 0 Å². The van der Waals surface area contributed by atoms with Gasteiger partial charge in [0.2, 0.25) is 0 Å². The number of fused-ring (bicyclic) bond motifs is 1. The number of aromatic amines is 1. The third kappa shape index (κ3) is 1.36. The van der Waals surface area contributed by atoms with E-state index in [9.17, 15) is 0 Å². The van der Waals surface area contributed by atoms with Gasteiger partial charge in [-0.3, -0.25) is 0 Å². The Labute approximate surface area is 76.0 Å². The number of benzene rings is 1. The van der Waals surface area contributed by atoms with Gasteiger partial charge < -0.3 is 16.5 Å². The van der Waals surface area contributed by atoms with Crippen LogP contribution < -0.4 is 11.5 Å². The topological polar surface area (TPSA) is 80.7 Å². The van der Waals surface area contributed by atoms with Crippen LogP contribution in [0.25, 0.3) is 11.0 Å². The van der Waals surface area contributed by atoms with Crippen molar-refractivity contribution in [1.82, 2.24) is 9.97 Å². The molecule has 0 bridgehead atoms. The Bertz CT molecular complexity index is 430. The lowest BCUT2D eigenvalue weighted by atomic mass is 10.1. The molecule has 0 aliphatic rings. The minimum absolute atomic E-state index is 0.0360. The number of aromatic nitrogens is 2. The zero-order valence-corrected chi connectivity index (χ0v) is 7.41. The van der Waals surface area contributed by atoms with Gasteiger partial charge in [0.1, 0.15) is 0 Å². The molecule has 68 valence electrons. The van der Waals surface area contributed by atoms with Crippen LogP contribution in [-0.4, -0.2) is 9.97 Å². The number of nitrogens with one attached hydrogen (secondary N) is 1. The highest BCUT2D eigenvalue weighted by molar-refractivity contribution is 5.77. The van der Waals surface area contributed by atoms with Gasteiger partial charge in [0.25, 0.3) is 0 Å². The van der Waals surface area contributed by atoms with E-state index in [4.69, 9.17) is 11.5 Å². The molecule has 1 aromatic carbocycles. The molecule has 2 aromatic rings. The smallest absolute Gasteiger partial charge is 0.198 e. The summed E-state index contributed by atoms with van der Waals surface area (Å²) in [6.07, 6.45) is 0. The third-order valence-electron chi connectivity index (χ3n) is 2.05. The van der Waals surface area contributed by atoms with Crippen molar-refractivity contribution in [3.63, 3.8) is 0 Å². The highest BCUT2D eigenvalue weighted by Gasteiger charge is 2.03. The molecule has 0 saturated carbocycles. The van der Waals surface area contributed by atoms with Crippen LogP contribution in [0.4, 0.5) is 5.95 Å². The van der Waals surface area contributed by atoms with E-state index in [1.165, 1.54) is 0 Å². The molecule has 0 aliphatic carbocycles. The first-order valence-corrected chi connectivity index (χ1v) is 4.17. The number of nitrogens with zero attached hydrogens (tertiary/aromatic N) is 1. The molecule has 5 N–H and O–H groups in total. The maximum atomic E-state index is 5.75. The predicted molar refractivity (Wildman–Crippen MR) is 53.1 cm³/mol. The Hall–Kier alpha value is -1.55. The van der Waals surface area contributed by atoms with Crippen LogP contribution in [0.5, 0.6) is 0 Å². The number of imidazole rings is 1. The molecule has 0 radical (unpaired) electrons. The average Bonchev–Trinajstić information content (AvgIpc) is 2.42. The molecule has 0 aliphatic heterocycles. The molecule has 1 unspecified atom stereocenters. The lowest BCUT2D eigenvalue weighted by Crippen LogP contribution is -2.04. The Balaban J connectivity index is 2.61. The quantitative estimate of drug-likeness (QED) is 0.610. The van der Waals surface area contributed by atoms with Crippen molar-refractivity contribution >= 4 is 17.0 Å². The van der Waals surface area contributed by atoms with Gasteiger partial charge in [-0.05, 0) is 24.6 Å². The summed E-state index contributed by atoms with van der Waals surface area (Å²) in [7, 11) is 0. The predicted octanol–water partition coefficient (Wildman–Crippen LogP) is 1.16. The van der Waals surface area contributed by atoms with Crippen LogP contribution in [0.3, 0.4) is 0 Å². The fourth-order valence-electron chi connectivity index (χ4n) is 1.33. The van der Waals surface area contributed by atoms with Crippen LogP contribution in [0, 0.1) is 0 Å². The highest BCUT2D eigenvalue weighted by Crippen LogP contribution is 2.17. The Kier molecular flexibility index (Phi) is 1.70. The van der Waals surface area contributed by atoms with Crippen molar-refractivity contribution in [3.05, 3.63) is 23.8 Å². The van der Waals surface area contributed by atoms with Gasteiger partial charge in [0.15, 0.2) is 5.95 Å². The number of anilines is 1. The molecule has 13 heavy (non-hydrogen) atoms. The first-order chi connectivity index (χ1) is 6.16. The lowest BCUT2D eigenvalue weighted by molar-refractivity contribution is 0.819. The molecule has 0 saturated heterocycles. The largest absolute Gasteiger partial charge is 0.369 e. The molecule has 0 fully saturated rings. The second kappa shape index (κ2) is 2.74. The number of nitrogens with two attached hydrogens (primary N) is 2. The van der Waals surface area contributed by atoms with Gasteiger partial charge in [0.05, 0.1) is 11.0 Å². The van der Waals surface area contributed by atoms with E-state index in [1.54, 1.807) is 0 Å². The van der Waals surface area contributed by atoms with E-state index in [0.717, 1.165) is 16.6 Å². The fraction of sp³-hybridized carbons (Fsp3) is 0.222. The normalized spacial score (nSPS) is 13.4. The third-order valence-corrected chi connectivity index (χ3v) is 2.05. The van der Waals surface area contributed by atoms with E-state index in [0.29, 0.717) is 5.95 Å². The minimum atomic E-state index is 0.0360. The van der Waals surface area contributed by atoms with Gasteiger partial charge in [0, 0.05) is 6.04 Å². The maximum absolute atomic E-state index is 5.75. The van der Waals surface area contributed by atoms with E-state index < -0.39 is 0 Å². The molecule has 0 amide bonds. The van der Waals surface area contributed by atoms with E-state index in [1.807, 2.05) is 25.1 Å². The fourth-order valence-corrected chi connectivity index (χ4v) is 1.33. The average molecular weight is 176 g/mol. The molecule has 0 spiro atoms. The summed E-state index contributed by atoms with van der Waals surface area (Å²) in [5.41, 5.74) is 14.2. The van der Waals surface area contributed by atoms with Gasteiger partial charge >= 0.3 is 0 Å². The second-order valence-corrected chi connectivity index (χ2v) is 3.19. The SMILES string of the molecule is CC(N)c1ccc2nc(N)[nH]c2c1. The zero-order chi connectivity index (χ0) is 9.42. The summed E-state index contributed by atoms with van der Waals surface area (Å²) >= 11 is 0. The van der Waals surface area contributed by atoms with E-state index in [2.05, 4.69) is 9.97 Å². The van der Waals surface area contributed by atoms with Gasteiger partial charge in [-0.15, -0.1) is 0 Å². The number of hydrogen-bond acceptors (Lipinski definition) is 3. The Morgan fingerprint density at radius 2 is 2.23 bits per heavy atom. The number of H-pyrrole nitrogens is 1.